The first kappa shape index (κ1) is 20.8. The average molecular weight is 425 g/mol. The molecular weight excluding hydrogens is 401 g/mol. The van der Waals surface area contributed by atoms with Gasteiger partial charge in [0.15, 0.2) is 11.8 Å². The molecule has 1 N–H and O–H groups in total. The van der Waals surface area contributed by atoms with E-state index >= 15 is 0 Å². The maximum atomic E-state index is 13.3. The smallest absolute Gasteiger partial charge is 0.359 e. The largest absolute Gasteiger partial charge is 0.448 e. The monoisotopic (exact) mass is 425 g/mol. The van der Waals surface area contributed by atoms with Gasteiger partial charge in [-0.05, 0) is 64.3 Å². The minimum Gasteiger partial charge on any atom is -0.448 e. The van der Waals surface area contributed by atoms with Crippen molar-refractivity contribution < 1.29 is 18.7 Å². The molecule has 0 radical (unpaired) electrons. The van der Waals surface area contributed by atoms with Crippen LogP contribution in [0.3, 0.4) is 0 Å². The summed E-state index contributed by atoms with van der Waals surface area (Å²) in [7, 11) is 0. The van der Waals surface area contributed by atoms with Gasteiger partial charge in [-0.3, -0.25) is 4.79 Å². The number of aromatic nitrogens is 4. The Labute approximate surface area is 179 Å². The quantitative estimate of drug-likeness (QED) is 0.611. The summed E-state index contributed by atoms with van der Waals surface area (Å²) in [5, 5.41) is 11.3. The normalized spacial score (nSPS) is 13.8. The second-order valence-corrected chi connectivity index (χ2v) is 7.81. The molecule has 1 aromatic carbocycles. The number of carbonyl (C=O) groups excluding carboxylic acids is 2. The summed E-state index contributed by atoms with van der Waals surface area (Å²) in [5.74, 6) is -0.917. The number of ether oxygens (including phenoxy) is 1. The molecule has 0 saturated carbocycles. The number of anilines is 1. The Morgan fingerprint density at radius 2 is 1.87 bits per heavy atom. The molecule has 1 aliphatic carbocycles. The SMILES string of the molecule is CC(OC(=O)c1nn(-c2ccc(F)cc2)c2c1CCC2)C(=O)Nc1ccnn1C(C)C. The van der Waals surface area contributed by atoms with Crippen LogP contribution < -0.4 is 5.32 Å². The first-order valence-electron chi connectivity index (χ1n) is 10.3. The number of benzene rings is 1. The third kappa shape index (κ3) is 4.08. The van der Waals surface area contributed by atoms with Gasteiger partial charge in [0, 0.05) is 23.4 Å². The van der Waals surface area contributed by atoms with E-state index in [1.54, 1.807) is 33.8 Å². The number of amides is 1. The van der Waals surface area contributed by atoms with Crippen LogP contribution in [0, 0.1) is 5.82 Å². The number of esters is 1. The van der Waals surface area contributed by atoms with E-state index in [4.69, 9.17) is 4.74 Å². The minimum absolute atomic E-state index is 0.0705. The highest BCUT2D eigenvalue weighted by atomic mass is 19.1. The lowest BCUT2D eigenvalue weighted by molar-refractivity contribution is -0.123. The van der Waals surface area contributed by atoms with Crippen molar-refractivity contribution in [3.63, 3.8) is 0 Å². The molecule has 0 bridgehead atoms. The van der Waals surface area contributed by atoms with Gasteiger partial charge in [-0.2, -0.15) is 10.2 Å². The Morgan fingerprint density at radius 3 is 2.58 bits per heavy atom. The summed E-state index contributed by atoms with van der Waals surface area (Å²) in [5.41, 5.74) is 2.60. The zero-order chi connectivity index (χ0) is 22.1. The predicted molar refractivity (Wildman–Crippen MR) is 112 cm³/mol. The maximum absolute atomic E-state index is 13.3. The van der Waals surface area contributed by atoms with Gasteiger partial charge >= 0.3 is 5.97 Å². The molecule has 0 spiro atoms. The topological polar surface area (TPSA) is 91.0 Å². The predicted octanol–water partition coefficient (Wildman–Crippen LogP) is 3.46. The van der Waals surface area contributed by atoms with E-state index in [-0.39, 0.29) is 17.6 Å². The molecule has 162 valence electrons. The lowest BCUT2D eigenvalue weighted by Gasteiger charge is -2.15. The van der Waals surface area contributed by atoms with E-state index < -0.39 is 18.0 Å². The Bertz CT molecular complexity index is 1120. The fourth-order valence-electron chi connectivity index (χ4n) is 3.72. The van der Waals surface area contributed by atoms with E-state index in [0.29, 0.717) is 17.9 Å². The number of halogens is 1. The molecule has 3 aromatic rings. The van der Waals surface area contributed by atoms with Crippen molar-refractivity contribution in [1.29, 1.82) is 0 Å². The highest BCUT2D eigenvalue weighted by Gasteiger charge is 2.30. The molecule has 9 heteroatoms. The number of hydrogen-bond donors (Lipinski definition) is 1. The van der Waals surface area contributed by atoms with E-state index in [9.17, 15) is 14.0 Å². The zero-order valence-corrected chi connectivity index (χ0v) is 17.6. The fourth-order valence-corrected chi connectivity index (χ4v) is 3.72. The number of rotatable bonds is 6. The second-order valence-electron chi connectivity index (χ2n) is 7.81. The summed E-state index contributed by atoms with van der Waals surface area (Å²) < 4.78 is 22.0. The Hall–Kier alpha value is -3.49. The van der Waals surface area contributed by atoms with Crippen LogP contribution in [0.15, 0.2) is 36.5 Å². The first-order chi connectivity index (χ1) is 14.8. The molecule has 1 atom stereocenters. The van der Waals surface area contributed by atoms with Crippen LogP contribution in [0.2, 0.25) is 0 Å². The Kier molecular flexibility index (Phi) is 5.58. The Balaban J connectivity index is 1.51. The van der Waals surface area contributed by atoms with Crippen molar-refractivity contribution in [2.24, 2.45) is 0 Å². The van der Waals surface area contributed by atoms with Crippen molar-refractivity contribution in [1.82, 2.24) is 19.6 Å². The van der Waals surface area contributed by atoms with Crippen LogP contribution in [0.1, 0.15) is 55.0 Å². The lowest BCUT2D eigenvalue weighted by Crippen LogP contribution is -2.31. The standard InChI is InChI=1S/C22H24FN5O3/c1-13(2)27-19(11-12-24-27)25-21(29)14(3)31-22(30)20-17-5-4-6-18(17)28(26-20)16-9-7-15(23)8-10-16/h7-14H,4-6H2,1-3H3,(H,25,29). The van der Waals surface area contributed by atoms with Gasteiger partial charge in [-0.25, -0.2) is 18.5 Å². The van der Waals surface area contributed by atoms with Gasteiger partial charge in [0.1, 0.15) is 11.6 Å². The van der Waals surface area contributed by atoms with Crippen LogP contribution in [-0.4, -0.2) is 37.5 Å². The van der Waals surface area contributed by atoms with Gasteiger partial charge in [-0.15, -0.1) is 0 Å². The molecule has 2 heterocycles. The van der Waals surface area contributed by atoms with Gasteiger partial charge in [0.05, 0.1) is 11.9 Å². The summed E-state index contributed by atoms with van der Waals surface area (Å²) in [4.78, 5) is 25.4. The molecule has 8 nitrogen and oxygen atoms in total. The minimum atomic E-state index is -1.02. The van der Waals surface area contributed by atoms with Crippen LogP contribution in [0.5, 0.6) is 0 Å². The summed E-state index contributed by atoms with van der Waals surface area (Å²) in [6, 6.07) is 7.69. The molecule has 4 rings (SSSR count). The average Bonchev–Trinajstić information content (AvgIpc) is 3.45. The molecule has 2 aromatic heterocycles. The van der Waals surface area contributed by atoms with Gasteiger partial charge in [0.25, 0.3) is 5.91 Å². The molecule has 1 amide bonds. The molecule has 0 saturated heterocycles. The number of fused-ring (bicyclic) bond motifs is 1. The van der Waals surface area contributed by atoms with E-state index in [1.165, 1.54) is 19.1 Å². The van der Waals surface area contributed by atoms with Crippen molar-refractivity contribution in [2.75, 3.05) is 5.32 Å². The Morgan fingerprint density at radius 1 is 1.13 bits per heavy atom. The maximum Gasteiger partial charge on any atom is 0.359 e. The third-order valence-electron chi connectivity index (χ3n) is 5.26. The van der Waals surface area contributed by atoms with Crippen LogP contribution >= 0.6 is 0 Å². The van der Waals surface area contributed by atoms with Crippen molar-refractivity contribution in [2.45, 2.75) is 52.2 Å². The number of nitrogens with zero attached hydrogens (tertiary/aromatic N) is 4. The molecule has 0 aliphatic heterocycles. The molecule has 1 unspecified atom stereocenters. The van der Waals surface area contributed by atoms with Crippen molar-refractivity contribution >= 4 is 17.7 Å². The summed E-state index contributed by atoms with van der Waals surface area (Å²) in [6.07, 6.45) is 2.94. The number of hydrogen-bond acceptors (Lipinski definition) is 5. The van der Waals surface area contributed by atoms with Crippen molar-refractivity contribution in [3.05, 3.63) is 59.3 Å². The van der Waals surface area contributed by atoms with Crippen LogP contribution in [0.4, 0.5) is 10.2 Å². The highest BCUT2D eigenvalue weighted by Crippen LogP contribution is 2.28. The number of nitrogens with one attached hydrogen (secondary N) is 1. The first-order valence-corrected chi connectivity index (χ1v) is 10.3. The summed E-state index contributed by atoms with van der Waals surface area (Å²) >= 11 is 0. The fraction of sp³-hybridized carbons (Fsp3) is 0.364. The van der Waals surface area contributed by atoms with E-state index in [2.05, 4.69) is 15.5 Å². The molecule has 0 fully saturated rings. The molecular formula is C22H24FN5O3. The van der Waals surface area contributed by atoms with Crippen LogP contribution in [-0.2, 0) is 22.4 Å². The zero-order valence-electron chi connectivity index (χ0n) is 17.6. The van der Waals surface area contributed by atoms with Gasteiger partial charge in [0.2, 0.25) is 0 Å². The van der Waals surface area contributed by atoms with E-state index in [0.717, 1.165) is 24.1 Å². The van der Waals surface area contributed by atoms with Crippen molar-refractivity contribution in [3.8, 4) is 5.69 Å². The lowest BCUT2D eigenvalue weighted by atomic mass is 10.2. The van der Waals surface area contributed by atoms with Crippen LogP contribution in [0.25, 0.3) is 5.69 Å². The second kappa shape index (κ2) is 8.33. The highest BCUT2D eigenvalue weighted by molar-refractivity contribution is 5.97. The van der Waals surface area contributed by atoms with E-state index in [1.807, 2.05) is 13.8 Å². The van der Waals surface area contributed by atoms with Gasteiger partial charge < -0.3 is 10.1 Å². The van der Waals surface area contributed by atoms with Gasteiger partial charge in [-0.1, -0.05) is 0 Å². The third-order valence-corrected chi connectivity index (χ3v) is 5.26. The number of carbonyl (C=O) groups is 2. The molecule has 1 aliphatic rings. The molecule has 31 heavy (non-hydrogen) atoms. The summed E-state index contributed by atoms with van der Waals surface area (Å²) in [6.45, 7) is 5.41.